The molecule has 0 spiro atoms. The van der Waals surface area contributed by atoms with Crippen LogP contribution in [0.3, 0.4) is 0 Å². The van der Waals surface area contributed by atoms with Gasteiger partial charge in [0.25, 0.3) is 0 Å². The number of benzene rings is 1. The van der Waals surface area contributed by atoms with E-state index >= 15 is 0 Å². The molecule has 1 unspecified atom stereocenters. The van der Waals surface area contributed by atoms with Crippen molar-refractivity contribution in [2.24, 2.45) is 0 Å². The minimum atomic E-state index is -0.283. The first-order valence-electron chi connectivity index (χ1n) is 12.9. The lowest BCUT2D eigenvalue weighted by atomic mass is 9.95. The summed E-state index contributed by atoms with van der Waals surface area (Å²) in [7, 11) is 5.99. The van der Waals surface area contributed by atoms with Gasteiger partial charge in [-0.05, 0) is 74.2 Å². The van der Waals surface area contributed by atoms with E-state index < -0.39 is 0 Å². The van der Waals surface area contributed by atoms with Gasteiger partial charge in [0.1, 0.15) is 17.3 Å². The van der Waals surface area contributed by atoms with E-state index in [1.807, 2.05) is 17.7 Å². The Morgan fingerprint density at radius 3 is 2.81 bits per heavy atom. The maximum absolute atomic E-state index is 13.7. The Hall–Kier alpha value is -3.33. The van der Waals surface area contributed by atoms with Crippen LogP contribution < -0.4 is 10.6 Å². The smallest absolute Gasteiger partial charge is 0.140 e. The van der Waals surface area contributed by atoms with E-state index in [-0.39, 0.29) is 5.82 Å². The van der Waals surface area contributed by atoms with E-state index in [0.29, 0.717) is 17.7 Å². The van der Waals surface area contributed by atoms with Crippen molar-refractivity contribution in [1.29, 1.82) is 0 Å². The number of hydrogen-bond acceptors (Lipinski definition) is 6. The van der Waals surface area contributed by atoms with E-state index in [1.165, 1.54) is 28.8 Å². The van der Waals surface area contributed by atoms with Crippen molar-refractivity contribution in [2.75, 3.05) is 26.5 Å². The van der Waals surface area contributed by atoms with Crippen LogP contribution in [-0.4, -0.2) is 46.6 Å². The normalized spacial score (nSPS) is 19.2. The number of anilines is 2. The van der Waals surface area contributed by atoms with E-state index in [2.05, 4.69) is 58.9 Å². The van der Waals surface area contributed by atoms with Crippen LogP contribution >= 0.6 is 0 Å². The fourth-order valence-electron chi connectivity index (χ4n) is 5.88. The number of methoxy groups -OCH3 is 1. The Morgan fingerprint density at radius 1 is 1.14 bits per heavy atom. The zero-order valence-corrected chi connectivity index (χ0v) is 21.6. The van der Waals surface area contributed by atoms with Gasteiger partial charge in [0.15, 0.2) is 0 Å². The highest BCUT2D eigenvalue weighted by Gasteiger charge is 2.28. The molecule has 8 heteroatoms. The van der Waals surface area contributed by atoms with Gasteiger partial charge in [-0.15, -0.1) is 0 Å². The molecule has 4 heterocycles. The zero-order valence-electron chi connectivity index (χ0n) is 21.6. The first-order valence-corrected chi connectivity index (χ1v) is 12.9. The maximum Gasteiger partial charge on any atom is 0.140 e. The van der Waals surface area contributed by atoms with E-state index in [4.69, 9.17) is 9.72 Å². The molecule has 7 nitrogen and oxygen atoms in total. The van der Waals surface area contributed by atoms with Crippen LogP contribution in [-0.2, 0) is 24.4 Å². The highest BCUT2D eigenvalue weighted by molar-refractivity contribution is 5.75. The Bertz CT molecular complexity index is 1450. The molecule has 1 aromatic carbocycles. The molecular weight excluding hydrogens is 467 g/mol. The number of nitrogens with one attached hydrogen (secondary N) is 2. The molecule has 4 aromatic rings. The zero-order chi connectivity index (χ0) is 25.5. The van der Waals surface area contributed by atoms with E-state index in [1.54, 1.807) is 6.20 Å². The number of pyridine rings is 2. The van der Waals surface area contributed by atoms with Crippen molar-refractivity contribution < 1.29 is 9.13 Å². The fraction of sp³-hybridized carbons (Fsp3) is 0.379. The van der Waals surface area contributed by atoms with Gasteiger partial charge in [0.2, 0.25) is 0 Å². The van der Waals surface area contributed by atoms with Gasteiger partial charge < -0.3 is 20.3 Å². The van der Waals surface area contributed by atoms with Crippen LogP contribution in [0, 0.1) is 5.82 Å². The van der Waals surface area contributed by atoms with Gasteiger partial charge in [0.05, 0.1) is 23.7 Å². The maximum atomic E-state index is 13.7. The van der Waals surface area contributed by atoms with Crippen molar-refractivity contribution in [2.45, 2.75) is 50.9 Å². The third-order valence-electron chi connectivity index (χ3n) is 7.68. The van der Waals surface area contributed by atoms with Gasteiger partial charge in [-0.1, -0.05) is 12.1 Å². The van der Waals surface area contributed by atoms with Crippen LogP contribution in [0.2, 0.25) is 0 Å². The molecular formula is C29H33FN6O. The number of imidazole rings is 1. The summed E-state index contributed by atoms with van der Waals surface area (Å²) in [6.07, 6.45) is 7.21. The van der Waals surface area contributed by atoms with Gasteiger partial charge in [-0.2, -0.15) is 0 Å². The van der Waals surface area contributed by atoms with Crippen LogP contribution in [0.15, 0.2) is 48.8 Å². The quantitative estimate of drug-likeness (QED) is 0.362. The van der Waals surface area contributed by atoms with Crippen molar-refractivity contribution in [3.05, 3.63) is 77.0 Å². The summed E-state index contributed by atoms with van der Waals surface area (Å²) in [6, 6.07) is 11.5. The minimum absolute atomic E-state index is 0.283. The fourth-order valence-corrected chi connectivity index (χ4v) is 5.88. The molecule has 2 atom stereocenters. The van der Waals surface area contributed by atoms with E-state index in [9.17, 15) is 4.39 Å². The summed E-state index contributed by atoms with van der Waals surface area (Å²) >= 11 is 0. The number of nitrogens with zero attached hydrogens (tertiary/aromatic N) is 4. The summed E-state index contributed by atoms with van der Waals surface area (Å²) in [5.41, 5.74) is 8.66. The summed E-state index contributed by atoms with van der Waals surface area (Å²) in [5, 5.41) is 7.10. The number of halogens is 1. The standard InChI is InChI=1S/C29H33FN6O/c1-35(2)17-26-21(18-4-5-20(12-18)37-3)7-9-28(34-26)33-25-8-6-22(23-14-31-15-24(23)25)27-16-32-29-13-19(30)10-11-36(27)29/h6-11,13,16,18,20,31H,4-5,12,14-15,17H2,1-3H3,(H,33,34)/t18?,20-/m0/s1. The van der Waals surface area contributed by atoms with Gasteiger partial charge in [-0.25, -0.2) is 14.4 Å². The molecule has 0 amide bonds. The van der Waals surface area contributed by atoms with Crippen molar-refractivity contribution >= 4 is 17.2 Å². The molecule has 37 heavy (non-hydrogen) atoms. The Labute approximate surface area is 216 Å². The number of rotatable bonds is 7. The number of fused-ring (bicyclic) bond motifs is 2. The molecule has 0 bridgehead atoms. The molecule has 3 aromatic heterocycles. The molecule has 1 fully saturated rings. The summed E-state index contributed by atoms with van der Waals surface area (Å²) in [5.74, 6) is 1.07. The topological polar surface area (TPSA) is 66.7 Å². The van der Waals surface area contributed by atoms with Gasteiger partial charge >= 0.3 is 0 Å². The first-order chi connectivity index (χ1) is 18.0. The second-order valence-electron chi connectivity index (χ2n) is 10.4. The monoisotopic (exact) mass is 500 g/mol. The lowest BCUT2D eigenvalue weighted by molar-refractivity contribution is 0.108. The van der Waals surface area contributed by atoms with Gasteiger partial charge in [-0.3, -0.25) is 4.40 Å². The first kappa shape index (κ1) is 24.0. The molecule has 6 rings (SSSR count). The van der Waals surface area contributed by atoms with Gasteiger partial charge in [0, 0.05) is 50.3 Å². The Balaban J connectivity index is 1.32. The highest BCUT2D eigenvalue weighted by atomic mass is 19.1. The number of aromatic nitrogens is 3. The van der Waals surface area contributed by atoms with Crippen molar-refractivity contribution in [3.63, 3.8) is 0 Å². The molecule has 1 aliphatic carbocycles. The largest absolute Gasteiger partial charge is 0.381 e. The SMILES string of the molecule is CO[C@H]1CCC(c2ccc(Nc3ccc(-c4cnc5cc(F)ccn45)c4c3CNC4)nc2CN(C)C)C1. The van der Waals surface area contributed by atoms with Crippen LogP contribution in [0.1, 0.15) is 47.6 Å². The molecule has 192 valence electrons. The molecule has 1 aliphatic heterocycles. The molecule has 2 N–H and O–H groups in total. The predicted molar refractivity (Wildman–Crippen MR) is 143 cm³/mol. The van der Waals surface area contributed by atoms with Crippen LogP contribution in [0.4, 0.5) is 15.9 Å². The number of hydrogen-bond donors (Lipinski definition) is 2. The second kappa shape index (κ2) is 9.85. The van der Waals surface area contributed by atoms with Crippen LogP contribution in [0.25, 0.3) is 16.9 Å². The molecule has 0 radical (unpaired) electrons. The Kier molecular flexibility index (Phi) is 6.40. The Morgan fingerprint density at radius 2 is 2.00 bits per heavy atom. The minimum Gasteiger partial charge on any atom is -0.381 e. The average Bonchev–Trinajstić information content (AvgIpc) is 3.64. The molecule has 2 aliphatic rings. The van der Waals surface area contributed by atoms with Crippen molar-refractivity contribution in [3.8, 4) is 11.3 Å². The third kappa shape index (κ3) is 4.61. The average molecular weight is 501 g/mol. The summed E-state index contributed by atoms with van der Waals surface area (Å²) < 4.78 is 21.2. The second-order valence-corrected chi connectivity index (χ2v) is 10.4. The predicted octanol–water partition coefficient (Wildman–Crippen LogP) is 5.23. The lowest BCUT2D eigenvalue weighted by Crippen LogP contribution is -2.16. The summed E-state index contributed by atoms with van der Waals surface area (Å²) in [4.78, 5) is 11.7. The van der Waals surface area contributed by atoms with Crippen LogP contribution in [0.5, 0.6) is 0 Å². The summed E-state index contributed by atoms with van der Waals surface area (Å²) in [6.45, 7) is 2.35. The number of ether oxygens (including phenoxy) is 1. The highest BCUT2D eigenvalue weighted by Crippen LogP contribution is 2.39. The molecule has 1 saturated carbocycles. The molecule has 0 saturated heterocycles. The van der Waals surface area contributed by atoms with Crippen molar-refractivity contribution in [1.82, 2.24) is 24.6 Å². The van der Waals surface area contributed by atoms with E-state index in [0.717, 1.165) is 67.4 Å². The lowest BCUT2D eigenvalue weighted by Gasteiger charge is -2.20. The third-order valence-corrected chi connectivity index (χ3v) is 7.68.